The zero-order valence-corrected chi connectivity index (χ0v) is 47.4. The minimum atomic E-state index is -1.18. The highest BCUT2D eigenvalue weighted by molar-refractivity contribution is 5.84. The quantitative estimate of drug-likeness (QED) is 0.0497. The lowest BCUT2D eigenvalue weighted by molar-refractivity contribution is -0.135. The van der Waals surface area contributed by atoms with Crippen LogP contribution in [0.4, 0.5) is 0 Å². The molecule has 0 unspecified atom stereocenters. The van der Waals surface area contributed by atoms with Crippen LogP contribution in [-0.2, 0) is 62.3 Å². The van der Waals surface area contributed by atoms with Gasteiger partial charge in [-0.25, -0.2) is 0 Å². The summed E-state index contributed by atoms with van der Waals surface area (Å²) in [6.45, 7) is 12.3. The second kappa shape index (κ2) is 28.4. The third-order valence-electron chi connectivity index (χ3n) is 9.25. The molecule has 452 valence electrons. The highest BCUT2D eigenvalue weighted by atomic mass is 16.6. The number of ether oxygens (including phenoxy) is 17. The van der Waals surface area contributed by atoms with Crippen molar-refractivity contribution >= 4 is 77.6 Å². The van der Waals surface area contributed by atoms with E-state index in [9.17, 15) is 62.3 Å². The van der Waals surface area contributed by atoms with Gasteiger partial charge in [-0.3, -0.25) is 62.3 Å². The van der Waals surface area contributed by atoms with E-state index in [0.717, 1.165) is 145 Å². The predicted molar refractivity (Wildman–Crippen MR) is 280 cm³/mol. The van der Waals surface area contributed by atoms with Crippen LogP contribution in [-0.4, -0.2) is 77.6 Å². The molecule has 0 saturated carbocycles. The fraction of sp³-hybridized carbons (Fsp3) is 0.232. The summed E-state index contributed by atoms with van der Waals surface area (Å²) in [5.41, 5.74) is 0. The molecule has 0 saturated heterocycles. The normalized spacial score (nSPS) is 10.3. The Kier molecular flexibility index (Phi) is 21.5. The molecule has 86 heavy (non-hydrogen) atoms. The Morgan fingerprint density at radius 2 is 0.372 bits per heavy atom. The molecule has 0 aromatic heterocycles. The third kappa shape index (κ3) is 18.7. The Hall–Kier alpha value is -11.6. The Labute approximate surface area is 484 Å². The van der Waals surface area contributed by atoms with Crippen LogP contribution in [0.25, 0.3) is 0 Å². The van der Waals surface area contributed by atoms with Gasteiger partial charge in [0.15, 0.2) is 57.5 Å². The average Bonchev–Trinajstić information content (AvgIpc) is 0.993. The van der Waals surface area contributed by atoms with Gasteiger partial charge in [-0.2, -0.15) is 0 Å². The first-order chi connectivity index (χ1) is 40.2. The molecule has 0 amide bonds. The summed E-state index contributed by atoms with van der Waals surface area (Å²) in [6, 6.07) is 8.24. The summed E-state index contributed by atoms with van der Waals surface area (Å²) in [4.78, 5) is 164. The van der Waals surface area contributed by atoms with Crippen LogP contribution in [0.5, 0.6) is 121 Å². The molecule has 0 radical (unpaired) electrons. The van der Waals surface area contributed by atoms with E-state index < -0.39 is 193 Å². The first kappa shape index (κ1) is 65.2. The Morgan fingerprint density at radius 1 is 0.174 bits per heavy atom. The van der Waals surface area contributed by atoms with E-state index in [1.165, 1.54) is 0 Å². The van der Waals surface area contributed by atoms with Gasteiger partial charge in [0, 0.05) is 145 Å². The molecular formula is C56H48O30. The van der Waals surface area contributed by atoms with E-state index in [1.54, 1.807) is 0 Å². The van der Waals surface area contributed by atoms with Crippen LogP contribution in [0.1, 0.15) is 90.0 Å². The van der Waals surface area contributed by atoms with Crippen LogP contribution in [0.15, 0.2) is 54.6 Å². The SMILES string of the molecule is CC(=O)Oc1cc(OC(C)=O)c(Oc2cc(OC(C)=O)c(Oc3cc(OC(C)=O)c(OC(C)=O)c(OC(C)=O)c3Oc3cc(OC(C)=O)c(OC(C)=O)c(OC(C)=O)c3)c(OC(C)=O)c2)c(Oc2c(OC(C)=O)cc(OC(C)=O)cc2OC(C)=O)c1. The molecule has 0 N–H and O–H groups in total. The van der Waals surface area contributed by atoms with Crippen molar-refractivity contribution in [3.8, 4) is 121 Å². The predicted octanol–water partition coefficient (Wildman–Crippen LogP) is 7.88. The van der Waals surface area contributed by atoms with Gasteiger partial charge in [0.2, 0.25) is 40.2 Å². The minimum absolute atomic E-state index is 0.331. The van der Waals surface area contributed by atoms with Crippen molar-refractivity contribution in [2.45, 2.75) is 90.0 Å². The lowest BCUT2D eigenvalue weighted by atomic mass is 10.2. The molecule has 0 heterocycles. The standard InChI is InChI=1S/C56H48O30/c1-23(57)70-36-15-43(75-28(6)62)52(44(16-36)76-29(7)63)85-47-17-37(71-24(2)58)14-42(74-27(5)61)51(47)83-38-18-45(77-30(8)64)53(46(19-38)78-31(9)65)86-49-22-48(79-32(10)66)54(81-34(12)68)56(82-35(13)69)55(49)84-39-20-40(72-25(3)59)50(80-33(11)67)41(21-39)73-26(4)60/h14-22H,1-13H3. The molecule has 0 spiro atoms. The summed E-state index contributed by atoms with van der Waals surface area (Å²) in [5.74, 6) is -27.5. The smallest absolute Gasteiger partial charge is 0.308 e. The van der Waals surface area contributed by atoms with Gasteiger partial charge in [-0.15, -0.1) is 0 Å². The third-order valence-corrected chi connectivity index (χ3v) is 9.25. The fourth-order valence-electron chi connectivity index (χ4n) is 6.93. The van der Waals surface area contributed by atoms with Crippen LogP contribution in [0, 0.1) is 0 Å². The monoisotopic (exact) mass is 1200 g/mol. The number of carbonyl (C=O) groups excluding carboxylic acids is 13. The second-order valence-corrected chi connectivity index (χ2v) is 17.0. The number of rotatable bonds is 21. The van der Waals surface area contributed by atoms with Crippen molar-refractivity contribution < 1.29 is 143 Å². The Bertz CT molecular complexity index is 3550. The average molecular weight is 1200 g/mol. The van der Waals surface area contributed by atoms with Crippen molar-refractivity contribution in [3.63, 3.8) is 0 Å². The summed E-state index contributed by atoms with van der Waals surface area (Å²) in [6.07, 6.45) is 0. The highest BCUT2D eigenvalue weighted by Crippen LogP contribution is 2.57. The summed E-state index contributed by atoms with van der Waals surface area (Å²) >= 11 is 0. The first-order valence-corrected chi connectivity index (χ1v) is 24.3. The maximum atomic E-state index is 13.1. The van der Waals surface area contributed by atoms with Crippen molar-refractivity contribution in [2.24, 2.45) is 0 Å². The van der Waals surface area contributed by atoms with Gasteiger partial charge in [0.05, 0.1) is 0 Å². The summed E-state index contributed by atoms with van der Waals surface area (Å²) in [5, 5.41) is 0. The number of hydrogen-bond donors (Lipinski definition) is 0. The Balaban J connectivity index is 1.92. The number of esters is 13. The number of benzene rings is 5. The molecule has 5 aromatic rings. The lowest BCUT2D eigenvalue weighted by Crippen LogP contribution is -2.13. The van der Waals surface area contributed by atoms with Crippen molar-refractivity contribution in [1.82, 2.24) is 0 Å². The second-order valence-electron chi connectivity index (χ2n) is 17.0. The molecule has 0 aliphatic carbocycles. The molecule has 30 nitrogen and oxygen atoms in total. The largest absolute Gasteiger partial charge is 0.449 e. The molecule has 5 aromatic carbocycles. The molecular weight excluding hydrogens is 1150 g/mol. The topological polar surface area (TPSA) is 379 Å². The number of carbonyl (C=O) groups is 13. The molecule has 0 atom stereocenters. The zero-order chi connectivity index (χ0) is 64.0. The fourth-order valence-corrected chi connectivity index (χ4v) is 6.93. The van der Waals surface area contributed by atoms with Gasteiger partial charge >= 0.3 is 77.6 Å². The van der Waals surface area contributed by atoms with Crippen molar-refractivity contribution in [3.05, 3.63) is 54.6 Å². The molecule has 0 aliphatic heterocycles. The molecule has 0 fully saturated rings. The van der Waals surface area contributed by atoms with E-state index in [1.807, 2.05) is 0 Å². The number of hydrogen-bond acceptors (Lipinski definition) is 30. The van der Waals surface area contributed by atoms with E-state index >= 15 is 0 Å². The first-order valence-electron chi connectivity index (χ1n) is 24.3. The van der Waals surface area contributed by atoms with Gasteiger partial charge in [0.1, 0.15) is 23.0 Å². The van der Waals surface area contributed by atoms with Gasteiger partial charge in [-0.1, -0.05) is 0 Å². The van der Waals surface area contributed by atoms with Crippen molar-refractivity contribution in [2.75, 3.05) is 0 Å². The Morgan fingerprint density at radius 3 is 0.663 bits per heavy atom. The lowest BCUT2D eigenvalue weighted by Gasteiger charge is -2.23. The van der Waals surface area contributed by atoms with E-state index in [4.69, 9.17) is 80.5 Å². The molecule has 0 aliphatic rings. The van der Waals surface area contributed by atoms with Crippen molar-refractivity contribution in [1.29, 1.82) is 0 Å². The zero-order valence-electron chi connectivity index (χ0n) is 47.4. The van der Waals surface area contributed by atoms with Gasteiger partial charge < -0.3 is 80.5 Å². The summed E-state index contributed by atoms with van der Waals surface area (Å²) < 4.78 is 94.7. The van der Waals surface area contributed by atoms with E-state index in [0.29, 0.717) is 0 Å². The van der Waals surface area contributed by atoms with Gasteiger partial charge in [-0.05, 0) is 0 Å². The minimum Gasteiger partial charge on any atom is -0.449 e. The van der Waals surface area contributed by atoms with Crippen LogP contribution < -0.4 is 80.5 Å². The molecule has 0 bridgehead atoms. The van der Waals surface area contributed by atoms with Crippen LogP contribution in [0.2, 0.25) is 0 Å². The van der Waals surface area contributed by atoms with E-state index in [2.05, 4.69) is 0 Å². The maximum Gasteiger partial charge on any atom is 0.308 e. The maximum absolute atomic E-state index is 13.1. The molecule has 30 heteroatoms. The van der Waals surface area contributed by atoms with E-state index in [-0.39, 0.29) is 5.75 Å². The van der Waals surface area contributed by atoms with Crippen LogP contribution >= 0.6 is 0 Å². The highest BCUT2D eigenvalue weighted by Gasteiger charge is 2.34. The van der Waals surface area contributed by atoms with Crippen LogP contribution in [0.3, 0.4) is 0 Å². The van der Waals surface area contributed by atoms with Gasteiger partial charge in [0.25, 0.3) is 0 Å². The summed E-state index contributed by atoms with van der Waals surface area (Å²) in [7, 11) is 0. The molecule has 5 rings (SSSR count).